The molecule has 0 aliphatic carbocycles. The Morgan fingerprint density at radius 3 is 2.20 bits per heavy atom. The quantitative estimate of drug-likeness (QED) is 0.299. The van der Waals surface area contributed by atoms with Gasteiger partial charge in [-0.2, -0.15) is 0 Å². The van der Waals surface area contributed by atoms with Crippen LogP contribution in [-0.4, -0.2) is 10.5 Å². The van der Waals surface area contributed by atoms with Gasteiger partial charge in [-0.25, -0.2) is 0 Å². The lowest BCUT2D eigenvalue weighted by molar-refractivity contribution is 0.0970. The molecule has 0 bridgehead atoms. The van der Waals surface area contributed by atoms with Crippen LogP contribution in [0.4, 0.5) is 0 Å². The van der Waals surface area contributed by atoms with Crippen LogP contribution >= 0.6 is 50.7 Å². The lowest BCUT2D eigenvalue weighted by atomic mass is 10.2. The first kappa shape index (κ1) is 16.9. The molecule has 4 rings (SSSR count). The monoisotopic (exact) mass is 451 g/mol. The summed E-state index contributed by atoms with van der Waals surface area (Å²) in [6, 6.07) is 16.6. The van der Waals surface area contributed by atoms with Gasteiger partial charge < -0.3 is 0 Å². The zero-order chi connectivity index (χ0) is 17.7. The summed E-state index contributed by atoms with van der Waals surface area (Å²) in [5.41, 5.74) is 1.82. The van der Waals surface area contributed by atoms with Crippen molar-refractivity contribution in [3.63, 3.8) is 0 Å². The molecule has 0 unspecified atom stereocenters. The van der Waals surface area contributed by atoms with Crippen LogP contribution in [0.15, 0.2) is 59.1 Å². The number of nitrogens with zero attached hydrogens (tertiary/aromatic N) is 1. The van der Waals surface area contributed by atoms with Crippen LogP contribution in [0.3, 0.4) is 0 Å². The van der Waals surface area contributed by atoms with E-state index in [0.29, 0.717) is 5.02 Å². The molecule has 1 aromatic heterocycles. The van der Waals surface area contributed by atoms with E-state index in [1.165, 1.54) is 12.1 Å². The summed E-state index contributed by atoms with van der Waals surface area (Å²) in [4.78, 5) is 13.3. The highest BCUT2D eigenvalue weighted by molar-refractivity contribution is 9.10. The van der Waals surface area contributed by atoms with Crippen LogP contribution in [0.25, 0.3) is 21.8 Å². The lowest BCUT2D eigenvalue weighted by Crippen LogP contribution is -2.13. The molecule has 25 heavy (non-hydrogen) atoms. The van der Waals surface area contributed by atoms with Gasteiger partial charge in [-0.1, -0.05) is 68.9 Å². The van der Waals surface area contributed by atoms with E-state index in [0.717, 1.165) is 26.3 Å². The largest absolute Gasteiger partial charge is 0.276 e. The average Bonchev–Trinajstić information content (AvgIpc) is 2.87. The fourth-order valence-corrected chi connectivity index (χ4v) is 4.36. The highest BCUT2D eigenvalue weighted by atomic mass is 79.9. The average molecular weight is 454 g/mol. The molecule has 0 saturated carbocycles. The van der Waals surface area contributed by atoms with E-state index in [4.69, 9.17) is 34.8 Å². The minimum absolute atomic E-state index is 0.227. The summed E-state index contributed by atoms with van der Waals surface area (Å²) < 4.78 is 2.58. The van der Waals surface area contributed by atoms with Gasteiger partial charge in [0.25, 0.3) is 5.91 Å². The first-order valence-electron chi connectivity index (χ1n) is 7.35. The molecule has 0 amide bonds. The third-order valence-corrected chi connectivity index (χ3v) is 5.37. The van der Waals surface area contributed by atoms with Crippen molar-refractivity contribution in [2.24, 2.45) is 0 Å². The van der Waals surface area contributed by atoms with E-state index >= 15 is 0 Å². The van der Waals surface area contributed by atoms with Crippen LogP contribution < -0.4 is 0 Å². The first-order valence-corrected chi connectivity index (χ1v) is 9.28. The minimum atomic E-state index is -0.291. The number of carbonyl (C=O) groups is 1. The van der Waals surface area contributed by atoms with Gasteiger partial charge in [-0.3, -0.25) is 9.36 Å². The van der Waals surface area contributed by atoms with Crippen molar-refractivity contribution in [2.45, 2.75) is 0 Å². The maximum Gasteiger partial charge on any atom is 0.265 e. The number of benzene rings is 3. The number of para-hydroxylation sites is 1. The second-order valence-corrected chi connectivity index (χ2v) is 7.73. The van der Waals surface area contributed by atoms with Crippen molar-refractivity contribution < 1.29 is 4.79 Å². The summed E-state index contributed by atoms with van der Waals surface area (Å²) in [7, 11) is 0. The molecule has 0 saturated heterocycles. The molecule has 0 N–H and O–H groups in total. The fourth-order valence-electron chi connectivity index (χ4n) is 3.02. The van der Waals surface area contributed by atoms with E-state index in [-0.39, 0.29) is 21.5 Å². The Labute approximate surface area is 167 Å². The van der Waals surface area contributed by atoms with Gasteiger partial charge in [-0.15, -0.1) is 0 Å². The number of hydrogen-bond acceptors (Lipinski definition) is 1. The van der Waals surface area contributed by atoms with Crippen molar-refractivity contribution in [3.8, 4) is 0 Å². The van der Waals surface area contributed by atoms with E-state index < -0.39 is 0 Å². The molecule has 1 heterocycles. The van der Waals surface area contributed by atoms with Gasteiger partial charge in [-0.05, 0) is 36.4 Å². The minimum Gasteiger partial charge on any atom is -0.276 e. The Hall–Kier alpha value is -1.52. The zero-order valence-corrected chi connectivity index (χ0v) is 16.4. The second kappa shape index (κ2) is 6.33. The molecule has 0 atom stereocenters. The molecule has 6 heteroatoms. The molecular formula is C19H9BrCl3NO. The molecular weight excluding hydrogens is 444 g/mol. The number of carbonyl (C=O) groups excluding carboxylic acids is 1. The fraction of sp³-hybridized carbons (Fsp3) is 0. The molecule has 4 aromatic rings. The third-order valence-electron chi connectivity index (χ3n) is 4.06. The summed E-state index contributed by atoms with van der Waals surface area (Å²) in [6.07, 6.45) is 0. The Morgan fingerprint density at radius 2 is 1.48 bits per heavy atom. The van der Waals surface area contributed by atoms with Crippen molar-refractivity contribution in [1.82, 2.24) is 4.57 Å². The molecule has 0 fully saturated rings. The Kier molecular flexibility index (Phi) is 4.28. The Balaban J connectivity index is 2.08. The van der Waals surface area contributed by atoms with E-state index in [9.17, 15) is 4.79 Å². The first-order chi connectivity index (χ1) is 12.0. The molecule has 0 radical (unpaired) electrons. The standard InChI is InChI=1S/C19H9BrCl3NO/c20-10-5-6-17-13(7-10)12-3-1-2-4-16(12)24(17)19(25)18-14(22)8-11(21)9-15(18)23/h1-9H. The van der Waals surface area contributed by atoms with E-state index in [1.807, 2.05) is 42.5 Å². The van der Waals surface area contributed by atoms with Crippen LogP contribution in [0, 0.1) is 0 Å². The summed E-state index contributed by atoms with van der Waals surface area (Å²) in [6.45, 7) is 0. The molecule has 124 valence electrons. The van der Waals surface area contributed by atoms with Crippen LogP contribution in [0.2, 0.25) is 15.1 Å². The number of halogens is 4. The predicted octanol–water partition coefficient (Wildman–Crippen LogP) is 7.21. The van der Waals surface area contributed by atoms with E-state index in [2.05, 4.69) is 15.9 Å². The maximum absolute atomic E-state index is 13.3. The maximum atomic E-state index is 13.3. The van der Waals surface area contributed by atoms with Gasteiger partial charge in [0.2, 0.25) is 0 Å². The Bertz CT molecular complexity index is 1140. The summed E-state index contributed by atoms with van der Waals surface area (Å²) in [5, 5.41) is 2.79. The van der Waals surface area contributed by atoms with Crippen LogP contribution in [0.1, 0.15) is 10.4 Å². The third kappa shape index (κ3) is 2.76. The number of aromatic nitrogens is 1. The smallest absolute Gasteiger partial charge is 0.265 e. The van der Waals surface area contributed by atoms with Gasteiger partial charge in [0, 0.05) is 20.3 Å². The van der Waals surface area contributed by atoms with Crippen molar-refractivity contribution in [1.29, 1.82) is 0 Å². The van der Waals surface area contributed by atoms with Crippen molar-refractivity contribution >= 4 is 78.4 Å². The molecule has 3 aromatic carbocycles. The topological polar surface area (TPSA) is 22.0 Å². The number of fused-ring (bicyclic) bond motifs is 3. The van der Waals surface area contributed by atoms with Crippen LogP contribution in [0.5, 0.6) is 0 Å². The molecule has 0 aliphatic rings. The highest BCUT2D eigenvalue weighted by Crippen LogP contribution is 2.35. The van der Waals surface area contributed by atoms with Gasteiger partial charge >= 0.3 is 0 Å². The molecule has 0 aliphatic heterocycles. The summed E-state index contributed by atoms with van der Waals surface area (Å²) in [5.74, 6) is -0.291. The predicted molar refractivity (Wildman–Crippen MR) is 108 cm³/mol. The zero-order valence-electron chi connectivity index (χ0n) is 12.6. The van der Waals surface area contributed by atoms with Crippen LogP contribution in [-0.2, 0) is 0 Å². The highest BCUT2D eigenvalue weighted by Gasteiger charge is 2.22. The summed E-state index contributed by atoms with van der Waals surface area (Å²) >= 11 is 22.0. The molecule has 0 spiro atoms. The second-order valence-electron chi connectivity index (χ2n) is 5.56. The van der Waals surface area contributed by atoms with Gasteiger partial charge in [0.05, 0.1) is 26.6 Å². The van der Waals surface area contributed by atoms with Gasteiger partial charge in [0.15, 0.2) is 0 Å². The van der Waals surface area contributed by atoms with Crippen molar-refractivity contribution in [3.05, 3.63) is 79.7 Å². The van der Waals surface area contributed by atoms with E-state index in [1.54, 1.807) is 4.57 Å². The number of rotatable bonds is 1. The molecule has 2 nitrogen and oxygen atoms in total. The number of hydrogen-bond donors (Lipinski definition) is 0. The SMILES string of the molecule is O=C(c1c(Cl)cc(Cl)cc1Cl)n1c2ccccc2c2cc(Br)ccc21. The van der Waals surface area contributed by atoms with Crippen molar-refractivity contribution in [2.75, 3.05) is 0 Å². The normalized spacial score (nSPS) is 11.4. The Morgan fingerprint density at radius 1 is 0.840 bits per heavy atom. The van der Waals surface area contributed by atoms with Gasteiger partial charge in [0.1, 0.15) is 0 Å². The lowest BCUT2D eigenvalue weighted by Gasteiger charge is -2.10.